The van der Waals surface area contributed by atoms with Crippen molar-refractivity contribution >= 4 is 22.8 Å². The van der Waals surface area contributed by atoms with Crippen molar-refractivity contribution in [2.24, 2.45) is 7.05 Å². The van der Waals surface area contributed by atoms with Crippen molar-refractivity contribution in [1.29, 1.82) is 5.26 Å². The monoisotopic (exact) mass is 449 g/mol. The summed E-state index contributed by atoms with van der Waals surface area (Å²) < 4.78 is 46.7. The summed E-state index contributed by atoms with van der Waals surface area (Å²) in [5, 5.41) is 9.54. The van der Waals surface area contributed by atoms with Gasteiger partial charge in [0.05, 0.1) is 23.4 Å². The van der Waals surface area contributed by atoms with Crippen molar-refractivity contribution in [2.75, 3.05) is 5.75 Å². The molecule has 0 saturated heterocycles. The quantitative estimate of drug-likeness (QED) is 0.436. The minimum absolute atomic E-state index is 0.190. The van der Waals surface area contributed by atoms with Crippen LogP contribution in [0.4, 0.5) is 13.2 Å². The van der Waals surface area contributed by atoms with Crippen molar-refractivity contribution in [3.05, 3.63) is 30.2 Å². The standard InChI is InChI=1S/C21H22F3N5OS/c1-5-20(6-2,12-25)30-13-8-16(31-7-3)18(27-10-13)19-28-14-9-17(21(22,23)24)26-11-15(14)29(19)4/h8-11H,5-7H2,1-4H3. The molecule has 0 N–H and O–H groups in total. The van der Waals surface area contributed by atoms with Gasteiger partial charge in [-0.15, -0.1) is 11.8 Å². The number of fused-ring (bicyclic) bond motifs is 1. The number of hydrogen-bond donors (Lipinski definition) is 0. The van der Waals surface area contributed by atoms with Crippen LogP contribution in [0.25, 0.3) is 22.6 Å². The summed E-state index contributed by atoms with van der Waals surface area (Å²) >= 11 is 1.51. The summed E-state index contributed by atoms with van der Waals surface area (Å²) in [7, 11) is 1.71. The van der Waals surface area contributed by atoms with Gasteiger partial charge in [-0.1, -0.05) is 20.8 Å². The molecule has 0 unspecified atom stereocenters. The minimum atomic E-state index is -4.54. The third-order valence-electron chi connectivity index (χ3n) is 5.06. The molecule has 3 aromatic heterocycles. The zero-order chi connectivity index (χ0) is 22.8. The van der Waals surface area contributed by atoms with E-state index in [1.54, 1.807) is 17.7 Å². The maximum absolute atomic E-state index is 13.0. The van der Waals surface area contributed by atoms with Crippen LogP contribution in [0.2, 0.25) is 0 Å². The molecule has 6 nitrogen and oxygen atoms in total. The lowest BCUT2D eigenvalue weighted by atomic mass is 9.99. The molecule has 0 aliphatic heterocycles. The van der Waals surface area contributed by atoms with E-state index in [0.29, 0.717) is 35.6 Å². The van der Waals surface area contributed by atoms with Crippen molar-refractivity contribution in [3.63, 3.8) is 0 Å². The van der Waals surface area contributed by atoms with Crippen molar-refractivity contribution in [3.8, 4) is 23.3 Å². The van der Waals surface area contributed by atoms with Crippen LogP contribution in [0, 0.1) is 11.3 Å². The van der Waals surface area contributed by atoms with Gasteiger partial charge in [0, 0.05) is 11.9 Å². The van der Waals surface area contributed by atoms with Crippen LogP contribution >= 0.6 is 11.8 Å². The number of aromatic nitrogens is 4. The predicted octanol–water partition coefficient (Wildman–Crippen LogP) is 5.62. The van der Waals surface area contributed by atoms with Gasteiger partial charge in [-0.3, -0.25) is 0 Å². The first kappa shape index (κ1) is 22.9. The number of nitriles is 1. The lowest BCUT2D eigenvalue weighted by Gasteiger charge is -2.25. The second kappa shape index (κ2) is 8.75. The summed E-state index contributed by atoms with van der Waals surface area (Å²) in [6, 6.07) is 4.97. The third kappa shape index (κ3) is 4.46. The zero-order valence-corrected chi connectivity index (χ0v) is 18.4. The first-order chi connectivity index (χ1) is 14.7. The van der Waals surface area contributed by atoms with E-state index in [9.17, 15) is 18.4 Å². The SMILES string of the molecule is CCSc1cc(OC(C#N)(CC)CC)cnc1-c1nc2cc(C(F)(F)F)ncc2n1C. The second-order valence-electron chi connectivity index (χ2n) is 6.92. The molecule has 0 aliphatic rings. The molecular weight excluding hydrogens is 427 g/mol. The van der Waals surface area contributed by atoms with Gasteiger partial charge >= 0.3 is 6.18 Å². The maximum Gasteiger partial charge on any atom is 0.433 e. The Kier molecular flexibility index (Phi) is 6.46. The van der Waals surface area contributed by atoms with E-state index in [0.717, 1.165) is 16.7 Å². The molecule has 0 radical (unpaired) electrons. The smallest absolute Gasteiger partial charge is 0.433 e. The fraction of sp³-hybridized carbons (Fsp3) is 0.429. The Morgan fingerprint density at radius 2 is 1.84 bits per heavy atom. The Balaban J connectivity index is 2.09. The number of nitrogens with zero attached hydrogens (tertiary/aromatic N) is 5. The molecular formula is C21H22F3N5OS. The highest BCUT2D eigenvalue weighted by molar-refractivity contribution is 7.99. The Morgan fingerprint density at radius 3 is 2.42 bits per heavy atom. The normalized spacial score (nSPS) is 12.2. The number of aryl methyl sites for hydroxylation is 1. The zero-order valence-electron chi connectivity index (χ0n) is 17.6. The topological polar surface area (TPSA) is 76.6 Å². The molecule has 164 valence electrons. The number of alkyl halides is 3. The first-order valence-electron chi connectivity index (χ1n) is 9.81. The van der Waals surface area contributed by atoms with Gasteiger partial charge in [0.15, 0.2) is 11.4 Å². The molecule has 3 rings (SSSR count). The molecule has 0 bridgehead atoms. The molecule has 0 aromatic carbocycles. The summed E-state index contributed by atoms with van der Waals surface area (Å²) in [4.78, 5) is 13.2. The van der Waals surface area contributed by atoms with E-state index < -0.39 is 17.5 Å². The molecule has 0 spiro atoms. The number of imidazole rings is 1. The highest BCUT2D eigenvalue weighted by Crippen LogP contribution is 2.36. The molecule has 0 atom stereocenters. The van der Waals surface area contributed by atoms with Crippen LogP contribution in [0.1, 0.15) is 39.3 Å². The number of thioether (sulfide) groups is 1. The van der Waals surface area contributed by atoms with Gasteiger partial charge in [-0.05, 0) is 30.7 Å². The van der Waals surface area contributed by atoms with Crippen molar-refractivity contribution in [1.82, 2.24) is 19.5 Å². The van der Waals surface area contributed by atoms with Crippen LogP contribution in [0.3, 0.4) is 0 Å². The van der Waals surface area contributed by atoms with Gasteiger partial charge in [0.2, 0.25) is 0 Å². The minimum Gasteiger partial charge on any atom is -0.471 e. The summed E-state index contributed by atoms with van der Waals surface area (Å²) in [5.41, 5.74) is -0.735. The van der Waals surface area contributed by atoms with E-state index >= 15 is 0 Å². The number of ether oxygens (including phenoxy) is 1. The summed E-state index contributed by atoms with van der Waals surface area (Å²) in [6.07, 6.45) is -0.805. The number of pyridine rings is 2. The largest absolute Gasteiger partial charge is 0.471 e. The van der Waals surface area contributed by atoms with Gasteiger partial charge < -0.3 is 9.30 Å². The first-order valence-corrected chi connectivity index (χ1v) is 10.8. The molecule has 3 heterocycles. The average Bonchev–Trinajstić information content (AvgIpc) is 3.08. The molecule has 0 amide bonds. The number of halogens is 3. The van der Waals surface area contributed by atoms with Crippen LogP contribution in [0.15, 0.2) is 29.4 Å². The van der Waals surface area contributed by atoms with E-state index in [1.165, 1.54) is 24.2 Å². The Bertz CT molecular complexity index is 1130. The molecule has 0 aliphatic carbocycles. The Morgan fingerprint density at radius 1 is 1.13 bits per heavy atom. The van der Waals surface area contributed by atoms with E-state index in [1.807, 2.05) is 20.8 Å². The summed E-state index contributed by atoms with van der Waals surface area (Å²) in [5.74, 6) is 1.63. The predicted molar refractivity (Wildman–Crippen MR) is 113 cm³/mol. The van der Waals surface area contributed by atoms with E-state index in [-0.39, 0.29) is 5.52 Å². The number of rotatable bonds is 7. The molecule has 0 saturated carbocycles. The van der Waals surface area contributed by atoms with Crippen LogP contribution in [0.5, 0.6) is 5.75 Å². The third-order valence-corrected chi connectivity index (χ3v) is 5.97. The Labute approximate surface area is 182 Å². The lowest BCUT2D eigenvalue weighted by Crippen LogP contribution is -2.32. The molecule has 0 fully saturated rings. The highest BCUT2D eigenvalue weighted by atomic mass is 32.2. The maximum atomic E-state index is 13.0. The molecule has 10 heteroatoms. The second-order valence-corrected chi connectivity index (χ2v) is 8.22. The van der Waals surface area contributed by atoms with Crippen LogP contribution in [-0.4, -0.2) is 30.9 Å². The lowest BCUT2D eigenvalue weighted by molar-refractivity contribution is -0.141. The van der Waals surface area contributed by atoms with Gasteiger partial charge in [-0.25, -0.2) is 15.0 Å². The number of hydrogen-bond acceptors (Lipinski definition) is 6. The van der Waals surface area contributed by atoms with E-state index in [4.69, 9.17) is 4.74 Å². The summed E-state index contributed by atoms with van der Waals surface area (Å²) in [6.45, 7) is 5.76. The molecule has 31 heavy (non-hydrogen) atoms. The average molecular weight is 450 g/mol. The van der Waals surface area contributed by atoms with Crippen LogP contribution < -0.4 is 4.74 Å². The highest BCUT2D eigenvalue weighted by Gasteiger charge is 2.33. The fourth-order valence-corrected chi connectivity index (χ4v) is 3.96. The van der Waals surface area contributed by atoms with Gasteiger partial charge in [-0.2, -0.15) is 18.4 Å². The Hall–Kier alpha value is -2.80. The fourth-order valence-electron chi connectivity index (χ4n) is 3.17. The van der Waals surface area contributed by atoms with E-state index in [2.05, 4.69) is 21.0 Å². The van der Waals surface area contributed by atoms with Gasteiger partial charge in [0.1, 0.15) is 23.2 Å². The van der Waals surface area contributed by atoms with Crippen molar-refractivity contribution < 1.29 is 17.9 Å². The van der Waals surface area contributed by atoms with Crippen molar-refractivity contribution in [2.45, 2.75) is 50.3 Å². The van der Waals surface area contributed by atoms with Gasteiger partial charge in [0.25, 0.3) is 0 Å². The van der Waals surface area contributed by atoms with Crippen LogP contribution in [-0.2, 0) is 13.2 Å². The molecule has 3 aromatic rings.